The van der Waals surface area contributed by atoms with Gasteiger partial charge in [-0.15, -0.1) is 0 Å². The van der Waals surface area contributed by atoms with Crippen LogP contribution in [0.4, 0.5) is 11.4 Å². The molecule has 1 aliphatic rings. The Morgan fingerprint density at radius 1 is 1.07 bits per heavy atom. The molecule has 9 heteroatoms. The van der Waals surface area contributed by atoms with Crippen LogP contribution in [0.3, 0.4) is 0 Å². The third-order valence-electron chi connectivity index (χ3n) is 7.37. The fraction of sp³-hybridized carbons (Fsp3) is 0.545. The molecule has 0 bridgehead atoms. The van der Waals surface area contributed by atoms with Gasteiger partial charge in [-0.1, -0.05) is 57.0 Å². The number of amides is 2. The van der Waals surface area contributed by atoms with Gasteiger partial charge in [-0.3, -0.25) is 14.4 Å². The smallest absolute Gasteiger partial charge is 0.290 e. The van der Waals surface area contributed by atoms with E-state index in [1.54, 1.807) is 11.0 Å². The van der Waals surface area contributed by atoms with Crippen LogP contribution in [0.1, 0.15) is 82.1 Å². The second-order valence-electron chi connectivity index (χ2n) is 11.4. The Hall–Kier alpha value is -3.43. The predicted octanol–water partition coefficient (Wildman–Crippen LogP) is 4.84. The van der Waals surface area contributed by atoms with Gasteiger partial charge >= 0.3 is 0 Å². The van der Waals surface area contributed by atoms with Crippen molar-refractivity contribution in [3.63, 3.8) is 0 Å². The zero-order valence-electron chi connectivity index (χ0n) is 25.6. The summed E-state index contributed by atoms with van der Waals surface area (Å²) in [6, 6.07) is 15.3. The number of carbonyl (C=O) groups excluding carboxylic acids is 2. The van der Waals surface area contributed by atoms with Gasteiger partial charge in [0.2, 0.25) is 5.91 Å². The Morgan fingerprint density at radius 3 is 2.43 bits per heavy atom. The normalized spacial score (nSPS) is 15.3. The zero-order chi connectivity index (χ0) is 30.9. The largest absolute Gasteiger partial charge is 0.483 e. The maximum atomic E-state index is 13.6. The molecule has 5 N–H and O–H groups in total. The van der Waals surface area contributed by atoms with Gasteiger partial charge < -0.3 is 31.1 Å². The molecule has 2 aromatic rings. The van der Waals surface area contributed by atoms with Gasteiger partial charge in [-0.05, 0) is 69.2 Å². The number of nitrogens with one attached hydrogen (secondary N) is 3. The van der Waals surface area contributed by atoms with Crippen molar-refractivity contribution in [2.24, 2.45) is 5.92 Å². The third kappa shape index (κ3) is 12.2. The lowest BCUT2D eigenvalue weighted by molar-refractivity contribution is -0.123. The summed E-state index contributed by atoms with van der Waals surface area (Å²) in [5.41, 5.74) is 3.06. The monoisotopic (exact) mass is 582 g/mol. The molecule has 232 valence electrons. The first-order valence-corrected chi connectivity index (χ1v) is 15.2. The maximum Gasteiger partial charge on any atom is 0.290 e. The molecule has 1 heterocycles. The van der Waals surface area contributed by atoms with Crippen molar-refractivity contribution in [1.82, 2.24) is 10.6 Å². The highest BCUT2D eigenvalue weighted by molar-refractivity contribution is 5.99. The number of hydrogen-bond donors (Lipinski definition) is 5. The number of anilines is 2. The molecule has 2 aromatic carbocycles. The molecule has 3 rings (SSSR count). The molecule has 0 spiro atoms. The van der Waals surface area contributed by atoms with Gasteiger partial charge in [-0.2, -0.15) is 0 Å². The highest BCUT2D eigenvalue weighted by atomic mass is 16.3. The van der Waals surface area contributed by atoms with E-state index in [2.05, 4.69) is 36.7 Å². The quantitative estimate of drug-likeness (QED) is 0.190. The number of rotatable bonds is 15. The van der Waals surface area contributed by atoms with Gasteiger partial charge in [0.15, 0.2) is 0 Å². The van der Waals surface area contributed by atoms with Crippen LogP contribution in [0.25, 0.3) is 0 Å². The van der Waals surface area contributed by atoms with Crippen LogP contribution < -0.4 is 20.9 Å². The van der Waals surface area contributed by atoms with Crippen LogP contribution in [-0.4, -0.2) is 66.3 Å². The Morgan fingerprint density at radius 2 is 1.79 bits per heavy atom. The zero-order valence-corrected chi connectivity index (χ0v) is 25.6. The van der Waals surface area contributed by atoms with E-state index < -0.39 is 12.1 Å². The number of nitrogens with zero attached hydrogens (tertiary/aromatic N) is 1. The second kappa shape index (κ2) is 18.9. The molecule has 0 radical (unpaired) electrons. The van der Waals surface area contributed by atoms with E-state index in [0.29, 0.717) is 44.0 Å². The van der Waals surface area contributed by atoms with Crippen molar-refractivity contribution < 1.29 is 24.6 Å². The van der Waals surface area contributed by atoms with E-state index in [4.69, 9.17) is 9.90 Å². The Balaban J connectivity index is 0.00000197. The predicted molar refractivity (Wildman–Crippen MR) is 169 cm³/mol. The van der Waals surface area contributed by atoms with Crippen molar-refractivity contribution in [3.8, 4) is 0 Å². The van der Waals surface area contributed by atoms with Gasteiger partial charge in [-0.25, -0.2) is 0 Å². The molecule has 1 unspecified atom stereocenters. The lowest BCUT2D eigenvalue weighted by Crippen LogP contribution is -2.49. The van der Waals surface area contributed by atoms with Crippen molar-refractivity contribution in [2.45, 2.75) is 90.8 Å². The molecule has 1 aliphatic heterocycles. The molecule has 0 aromatic heterocycles. The first-order chi connectivity index (χ1) is 20.2. The maximum absolute atomic E-state index is 13.6. The molecule has 0 aliphatic carbocycles. The van der Waals surface area contributed by atoms with Crippen LogP contribution in [0.15, 0.2) is 48.5 Å². The number of carbonyl (C=O) groups is 3. The summed E-state index contributed by atoms with van der Waals surface area (Å²) in [5, 5.41) is 28.0. The third-order valence-corrected chi connectivity index (χ3v) is 7.37. The van der Waals surface area contributed by atoms with Gasteiger partial charge in [0.25, 0.3) is 12.4 Å². The highest BCUT2D eigenvalue weighted by Gasteiger charge is 2.25. The van der Waals surface area contributed by atoms with E-state index in [9.17, 15) is 14.7 Å². The average molecular weight is 583 g/mol. The Labute approximate surface area is 251 Å². The summed E-state index contributed by atoms with van der Waals surface area (Å²) >= 11 is 0. The number of carboxylic acid groups (broad SMARTS) is 1. The van der Waals surface area contributed by atoms with Gasteiger partial charge in [0.1, 0.15) is 0 Å². The molecule has 42 heavy (non-hydrogen) atoms. The molecule has 1 fully saturated rings. The van der Waals surface area contributed by atoms with Crippen LogP contribution in [-0.2, 0) is 16.0 Å². The number of benzene rings is 2. The fourth-order valence-corrected chi connectivity index (χ4v) is 5.08. The minimum atomic E-state index is -0.762. The van der Waals surface area contributed by atoms with E-state index >= 15 is 0 Å². The van der Waals surface area contributed by atoms with E-state index in [1.807, 2.05) is 49.4 Å². The summed E-state index contributed by atoms with van der Waals surface area (Å²) in [7, 11) is 0. The Bertz CT molecular complexity index is 1100. The number of aliphatic hydroxyl groups is 1. The molecule has 2 amide bonds. The van der Waals surface area contributed by atoms with Crippen LogP contribution >= 0.6 is 0 Å². The number of aliphatic hydroxyl groups excluding tert-OH is 1. The molecule has 0 saturated carbocycles. The van der Waals surface area contributed by atoms with Gasteiger partial charge in [0, 0.05) is 49.0 Å². The lowest BCUT2D eigenvalue weighted by Gasteiger charge is -2.28. The SMILES string of the molecule is CCNc1cc(C(=O)N[C@@H](Cc2ccccc2)[C@H](O)CNC(C)CCCC(C)C)cc(N2CCCCC2=O)c1.O=CO. The van der Waals surface area contributed by atoms with Crippen LogP contribution in [0.2, 0.25) is 0 Å². The number of hydrogen-bond acceptors (Lipinski definition) is 6. The van der Waals surface area contributed by atoms with Crippen molar-refractivity contribution >= 4 is 29.7 Å². The molecular formula is C33H50N4O5. The first kappa shape index (κ1) is 34.8. The van der Waals surface area contributed by atoms with Crippen molar-refractivity contribution in [2.75, 3.05) is 29.9 Å². The minimum absolute atomic E-state index is 0.0900. The van der Waals surface area contributed by atoms with Gasteiger partial charge in [0.05, 0.1) is 12.1 Å². The summed E-state index contributed by atoms with van der Waals surface area (Å²) in [6.07, 6.45) is 5.53. The fourth-order valence-electron chi connectivity index (χ4n) is 5.08. The summed E-state index contributed by atoms with van der Waals surface area (Å²) < 4.78 is 0. The summed E-state index contributed by atoms with van der Waals surface area (Å²) in [4.78, 5) is 36.3. The summed E-state index contributed by atoms with van der Waals surface area (Å²) in [6.45, 7) is 10.1. The lowest BCUT2D eigenvalue weighted by atomic mass is 9.99. The highest BCUT2D eigenvalue weighted by Crippen LogP contribution is 2.26. The standard InChI is InChI=1S/C32H48N4O3.CH2O2/c1-5-33-27-19-26(20-28(21-27)36-17-10-9-16-31(36)38)32(39)35-29(18-25-14-7-6-8-15-25)30(37)22-34-24(4)13-11-12-23(2)3;2-1-3/h6-8,14-15,19-21,23-24,29-30,33-34,37H,5,9-13,16-18,22H2,1-4H3,(H,35,39);1H,(H,2,3)/t24?,29-,30+;/m0./s1. The van der Waals surface area contributed by atoms with Crippen molar-refractivity contribution in [3.05, 3.63) is 59.7 Å². The number of piperidine rings is 1. The molecule has 9 nitrogen and oxygen atoms in total. The Kier molecular flexibility index (Phi) is 15.6. The van der Waals surface area contributed by atoms with Crippen LogP contribution in [0.5, 0.6) is 0 Å². The topological polar surface area (TPSA) is 131 Å². The average Bonchev–Trinajstić information content (AvgIpc) is 2.96. The van der Waals surface area contributed by atoms with E-state index in [0.717, 1.165) is 42.6 Å². The van der Waals surface area contributed by atoms with E-state index in [-0.39, 0.29) is 24.3 Å². The minimum Gasteiger partial charge on any atom is -0.483 e. The summed E-state index contributed by atoms with van der Waals surface area (Å²) in [5.74, 6) is 0.519. The second-order valence-corrected chi connectivity index (χ2v) is 11.4. The molecule has 1 saturated heterocycles. The van der Waals surface area contributed by atoms with Crippen molar-refractivity contribution in [1.29, 1.82) is 0 Å². The van der Waals surface area contributed by atoms with Crippen LogP contribution in [0, 0.1) is 5.92 Å². The molecule has 3 atom stereocenters. The molecular weight excluding hydrogens is 532 g/mol. The van der Waals surface area contributed by atoms with E-state index in [1.165, 1.54) is 6.42 Å². The first-order valence-electron chi connectivity index (χ1n) is 15.2.